The van der Waals surface area contributed by atoms with E-state index < -0.39 is 0 Å². The van der Waals surface area contributed by atoms with Gasteiger partial charge in [0.25, 0.3) is 5.91 Å². The van der Waals surface area contributed by atoms with Gasteiger partial charge in [0.05, 0.1) is 0 Å². The average Bonchev–Trinajstić information content (AvgIpc) is 2.44. The van der Waals surface area contributed by atoms with Gasteiger partial charge in [-0.15, -0.1) is 0 Å². The SMILES string of the molecule is CCC(CC)(CC)NC(=O)c1cc(C)nc(NC)c1. The average molecular weight is 263 g/mol. The number of aryl methyl sites for hydroxylation is 1. The zero-order valence-electron chi connectivity index (χ0n) is 12.6. The van der Waals surface area contributed by atoms with Crippen molar-refractivity contribution < 1.29 is 4.79 Å². The molecule has 0 aromatic carbocycles. The molecule has 0 radical (unpaired) electrons. The van der Waals surface area contributed by atoms with Crippen molar-refractivity contribution in [2.24, 2.45) is 0 Å². The number of hydrogen-bond acceptors (Lipinski definition) is 3. The summed E-state index contributed by atoms with van der Waals surface area (Å²) in [5.41, 5.74) is 1.40. The van der Waals surface area contributed by atoms with Crippen LogP contribution >= 0.6 is 0 Å². The minimum atomic E-state index is -0.103. The lowest BCUT2D eigenvalue weighted by molar-refractivity contribution is 0.0888. The minimum absolute atomic E-state index is 0.0208. The largest absolute Gasteiger partial charge is 0.373 e. The summed E-state index contributed by atoms with van der Waals surface area (Å²) in [5, 5.41) is 6.16. The molecule has 0 spiro atoms. The zero-order chi connectivity index (χ0) is 14.5. The maximum Gasteiger partial charge on any atom is 0.251 e. The lowest BCUT2D eigenvalue weighted by Gasteiger charge is -2.31. The quantitative estimate of drug-likeness (QED) is 0.829. The van der Waals surface area contributed by atoms with Gasteiger partial charge in [-0.2, -0.15) is 0 Å². The monoisotopic (exact) mass is 263 g/mol. The van der Waals surface area contributed by atoms with E-state index in [1.807, 2.05) is 13.0 Å². The van der Waals surface area contributed by atoms with Crippen LogP contribution in [0.1, 0.15) is 56.1 Å². The van der Waals surface area contributed by atoms with Crippen molar-refractivity contribution in [1.29, 1.82) is 0 Å². The Labute approximate surface area is 116 Å². The minimum Gasteiger partial charge on any atom is -0.373 e. The molecule has 1 aromatic heterocycles. The molecule has 1 rings (SSSR count). The summed E-state index contributed by atoms with van der Waals surface area (Å²) < 4.78 is 0. The molecule has 0 aliphatic carbocycles. The Balaban J connectivity index is 2.97. The number of amides is 1. The highest BCUT2D eigenvalue weighted by Gasteiger charge is 2.26. The van der Waals surface area contributed by atoms with E-state index in [1.54, 1.807) is 13.1 Å². The molecule has 4 nitrogen and oxygen atoms in total. The first-order valence-corrected chi connectivity index (χ1v) is 6.99. The van der Waals surface area contributed by atoms with Crippen LogP contribution in [0.2, 0.25) is 0 Å². The van der Waals surface area contributed by atoms with Gasteiger partial charge in [-0.1, -0.05) is 20.8 Å². The van der Waals surface area contributed by atoms with Crippen LogP contribution in [0.15, 0.2) is 12.1 Å². The number of rotatable bonds is 6. The molecule has 0 atom stereocenters. The van der Waals surface area contributed by atoms with E-state index in [0.29, 0.717) is 5.56 Å². The van der Waals surface area contributed by atoms with Crippen molar-refractivity contribution in [2.45, 2.75) is 52.5 Å². The summed E-state index contributed by atoms with van der Waals surface area (Å²) >= 11 is 0. The number of aromatic nitrogens is 1. The van der Waals surface area contributed by atoms with Crippen LogP contribution in [0, 0.1) is 6.92 Å². The second-order valence-electron chi connectivity index (χ2n) is 4.93. The molecule has 0 saturated carbocycles. The predicted octanol–water partition coefficient (Wildman–Crippen LogP) is 3.13. The number of anilines is 1. The van der Waals surface area contributed by atoms with E-state index in [9.17, 15) is 4.79 Å². The maximum absolute atomic E-state index is 12.4. The van der Waals surface area contributed by atoms with Gasteiger partial charge in [-0.05, 0) is 38.3 Å². The van der Waals surface area contributed by atoms with E-state index in [2.05, 4.69) is 36.4 Å². The normalized spacial score (nSPS) is 11.2. The predicted molar refractivity (Wildman–Crippen MR) is 79.6 cm³/mol. The summed E-state index contributed by atoms with van der Waals surface area (Å²) in [6.07, 6.45) is 2.82. The van der Waals surface area contributed by atoms with Crippen molar-refractivity contribution in [1.82, 2.24) is 10.3 Å². The van der Waals surface area contributed by atoms with Crippen LogP contribution in [0.4, 0.5) is 5.82 Å². The number of hydrogen-bond donors (Lipinski definition) is 2. The van der Waals surface area contributed by atoms with Crippen LogP contribution in [-0.2, 0) is 0 Å². The summed E-state index contributed by atoms with van der Waals surface area (Å²) in [7, 11) is 1.80. The number of nitrogens with one attached hydrogen (secondary N) is 2. The number of carbonyl (C=O) groups is 1. The molecule has 0 aliphatic rings. The van der Waals surface area contributed by atoms with Gasteiger partial charge in [0.1, 0.15) is 5.82 Å². The standard InChI is InChI=1S/C15H25N3O/c1-6-15(7-2,8-3)18-14(19)12-9-11(4)17-13(10-12)16-5/h9-10H,6-8H2,1-5H3,(H,16,17)(H,18,19). The van der Waals surface area contributed by atoms with Crippen molar-refractivity contribution in [2.75, 3.05) is 12.4 Å². The third-order valence-electron chi connectivity index (χ3n) is 3.88. The van der Waals surface area contributed by atoms with Gasteiger partial charge < -0.3 is 10.6 Å². The van der Waals surface area contributed by atoms with Crippen molar-refractivity contribution in [3.63, 3.8) is 0 Å². The van der Waals surface area contributed by atoms with E-state index in [4.69, 9.17) is 0 Å². The number of carbonyl (C=O) groups excluding carboxylic acids is 1. The Morgan fingerprint density at radius 1 is 1.21 bits per heavy atom. The van der Waals surface area contributed by atoms with E-state index in [-0.39, 0.29) is 11.4 Å². The molecule has 19 heavy (non-hydrogen) atoms. The maximum atomic E-state index is 12.4. The second-order valence-corrected chi connectivity index (χ2v) is 4.93. The first-order valence-electron chi connectivity index (χ1n) is 6.99. The van der Waals surface area contributed by atoms with Crippen LogP contribution in [0.3, 0.4) is 0 Å². The summed E-state index contributed by atoms with van der Waals surface area (Å²) in [4.78, 5) is 16.7. The second kappa shape index (κ2) is 6.55. The fourth-order valence-corrected chi connectivity index (χ4v) is 2.26. The fourth-order valence-electron chi connectivity index (χ4n) is 2.26. The van der Waals surface area contributed by atoms with Crippen LogP contribution in [0.5, 0.6) is 0 Å². The summed E-state index contributed by atoms with van der Waals surface area (Å²) in [5.74, 6) is 0.702. The highest BCUT2D eigenvalue weighted by molar-refractivity contribution is 5.95. The highest BCUT2D eigenvalue weighted by atomic mass is 16.1. The third kappa shape index (κ3) is 3.69. The molecule has 1 aromatic rings. The summed E-state index contributed by atoms with van der Waals surface area (Å²) in [6, 6.07) is 3.61. The highest BCUT2D eigenvalue weighted by Crippen LogP contribution is 2.20. The van der Waals surface area contributed by atoms with E-state index in [1.165, 1.54) is 0 Å². The Morgan fingerprint density at radius 3 is 2.26 bits per heavy atom. The molecule has 4 heteroatoms. The smallest absolute Gasteiger partial charge is 0.251 e. The van der Waals surface area contributed by atoms with Gasteiger partial charge in [0.2, 0.25) is 0 Å². The lowest BCUT2D eigenvalue weighted by atomic mass is 9.89. The van der Waals surface area contributed by atoms with Crippen LogP contribution in [0.25, 0.3) is 0 Å². The van der Waals surface area contributed by atoms with Crippen molar-refractivity contribution in [3.05, 3.63) is 23.4 Å². The molecular weight excluding hydrogens is 238 g/mol. The van der Waals surface area contributed by atoms with Crippen molar-refractivity contribution in [3.8, 4) is 0 Å². The van der Waals surface area contributed by atoms with Crippen molar-refractivity contribution >= 4 is 11.7 Å². The van der Waals surface area contributed by atoms with Gasteiger partial charge in [0.15, 0.2) is 0 Å². The summed E-state index contributed by atoms with van der Waals surface area (Å²) in [6.45, 7) is 8.24. The third-order valence-corrected chi connectivity index (χ3v) is 3.88. The lowest BCUT2D eigenvalue weighted by Crippen LogP contribution is -2.47. The number of nitrogens with zero attached hydrogens (tertiary/aromatic N) is 1. The molecule has 0 aliphatic heterocycles. The molecule has 0 bridgehead atoms. The Bertz CT molecular complexity index is 431. The van der Waals surface area contributed by atoms with Gasteiger partial charge in [0, 0.05) is 23.8 Å². The van der Waals surface area contributed by atoms with Gasteiger partial charge in [-0.3, -0.25) is 4.79 Å². The van der Waals surface area contributed by atoms with Crippen LogP contribution in [-0.4, -0.2) is 23.5 Å². The topological polar surface area (TPSA) is 54.0 Å². The van der Waals surface area contributed by atoms with Gasteiger partial charge in [-0.25, -0.2) is 4.98 Å². The molecular formula is C15H25N3O. The van der Waals surface area contributed by atoms with E-state index >= 15 is 0 Å². The molecule has 0 saturated heterocycles. The first-order chi connectivity index (χ1) is 9.00. The fraction of sp³-hybridized carbons (Fsp3) is 0.600. The first kappa shape index (κ1) is 15.5. The Kier molecular flexibility index (Phi) is 5.33. The molecule has 0 unspecified atom stereocenters. The Hall–Kier alpha value is -1.58. The molecule has 1 amide bonds. The molecule has 0 fully saturated rings. The molecule has 106 valence electrons. The van der Waals surface area contributed by atoms with Crippen LogP contribution < -0.4 is 10.6 Å². The molecule has 1 heterocycles. The molecule has 2 N–H and O–H groups in total. The van der Waals surface area contributed by atoms with Gasteiger partial charge >= 0.3 is 0 Å². The Morgan fingerprint density at radius 2 is 1.79 bits per heavy atom. The van der Waals surface area contributed by atoms with E-state index in [0.717, 1.165) is 30.8 Å². The zero-order valence-corrected chi connectivity index (χ0v) is 12.6. The number of pyridine rings is 1.